The Morgan fingerprint density at radius 3 is 2.35 bits per heavy atom. The highest BCUT2D eigenvalue weighted by molar-refractivity contribution is 7.91. The number of rotatable bonds is 13. The molecule has 0 unspecified atom stereocenters. The van der Waals surface area contributed by atoms with E-state index in [0.717, 1.165) is 51.1 Å². The van der Waals surface area contributed by atoms with E-state index in [1.807, 2.05) is 29.2 Å². The summed E-state index contributed by atoms with van der Waals surface area (Å²) in [5, 5.41) is 17.8. The molecule has 1 N–H and O–H groups in total. The molecule has 4 fully saturated rings. The van der Waals surface area contributed by atoms with Gasteiger partial charge in [0, 0.05) is 57.2 Å². The molecule has 0 spiro atoms. The molecule has 1 aromatic heterocycles. The van der Waals surface area contributed by atoms with Crippen molar-refractivity contribution < 1.29 is 35.7 Å². The second-order valence-corrected chi connectivity index (χ2v) is 16.5. The molecule has 4 saturated heterocycles. The van der Waals surface area contributed by atoms with Gasteiger partial charge in [0.15, 0.2) is 9.84 Å². The first-order valence-corrected chi connectivity index (χ1v) is 19.2. The number of nitrogens with one attached hydrogen (secondary N) is 1. The summed E-state index contributed by atoms with van der Waals surface area (Å²) in [6, 6.07) is 13.7. The molecular weight excluding hydrogens is 662 g/mol. The largest absolute Gasteiger partial charge is 0.489 e. The molecule has 13 nitrogen and oxygen atoms in total. The third-order valence-corrected chi connectivity index (χ3v) is 12.5. The Labute approximate surface area is 280 Å². The van der Waals surface area contributed by atoms with Gasteiger partial charge in [0.2, 0.25) is 0 Å². The fraction of sp³-hybridized carbons (Fsp3) is 0.500. The van der Waals surface area contributed by atoms with E-state index in [-0.39, 0.29) is 35.7 Å². The fourth-order valence-electron chi connectivity index (χ4n) is 6.50. The average molecular weight is 703 g/mol. The van der Waals surface area contributed by atoms with Crippen molar-refractivity contribution >= 4 is 29.2 Å². The summed E-state index contributed by atoms with van der Waals surface area (Å²) >= 11 is 0. The minimum absolute atomic E-state index is 0.0334. The zero-order valence-corrected chi connectivity index (χ0v) is 28.8. The molecule has 2 aromatic carbocycles. The first-order valence-electron chi connectivity index (χ1n) is 15.9. The Hall–Kier alpha value is -3.51. The van der Waals surface area contributed by atoms with Crippen LogP contribution in [0.5, 0.6) is 5.75 Å². The molecule has 0 amide bonds. The Bertz CT molecular complexity index is 1800. The lowest BCUT2D eigenvalue weighted by Crippen LogP contribution is -2.50. The van der Waals surface area contributed by atoms with E-state index in [9.17, 15) is 22.6 Å². The van der Waals surface area contributed by atoms with Crippen LogP contribution in [-0.2, 0) is 28.0 Å². The zero-order chi connectivity index (χ0) is 33.9. The number of benzene rings is 2. The van der Waals surface area contributed by atoms with Gasteiger partial charge in [0.1, 0.15) is 35.7 Å². The van der Waals surface area contributed by atoms with Crippen LogP contribution >= 0.6 is 7.82 Å². The summed E-state index contributed by atoms with van der Waals surface area (Å²) in [4.78, 5) is 4.47. The normalized spacial score (nSPS) is 22.0. The van der Waals surface area contributed by atoms with E-state index in [0.29, 0.717) is 41.6 Å². The molecule has 0 radical (unpaired) electrons. The standard InChI is InChI=1S/C32H40FN6O7PS/c1-43-47(40,44-2)46-16-15-45-30-20-26(38-13-17-48(41,42)18-14-38)5-6-28(30)39-29(24-3-4-25(22-34)27(33)19-24)21-31(36-39)35-23-32-7-10-37(11-8-32)12-9-32/h3-6,19-21H,7-18,23H2,1-2H3,(H,35,36). The predicted octanol–water partition coefficient (Wildman–Crippen LogP) is 4.48. The number of ether oxygens (including phenoxy) is 1. The number of nitrogens with zero attached hydrogens (tertiary/aromatic N) is 5. The highest BCUT2D eigenvalue weighted by Crippen LogP contribution is 2.47. The van der Waals surface area contributed by atoms with Gasteiger partial charge >= 0.3 is 7.82 Å². The van der Waals surface area contributed by atoms with E-state index in [2.05, 4.69) is 10.2 Å². The van der Waals surface area contributed by atoms with E-state index in [1.165, 1.54) is 26.4 Å². The van der Waals surface area contributed by atoms with Crippen LogP contribution in [0.25, 0.3) is 16.9 Å². The summed E-state index contributed by atoms with van der Waals surface area (Å²) < 4.78 is 74.4. The topological polar surface area (TPSA) is 148 Å². The van der Waals surface area contributed by atoms with Crippen LogP contribution in [0.15, 0.2) is 42.5 Å². The SMILES string of the molecule is COP(=O)(OC)OCCOc1cc(N2CCS(=O)(=O)CC2)ccc1-n1nc(NCC23CCN(CC2)CC3)cc1-c1ccc(C#N)c(F)c1. The zero-order valence-electron chi connectivity index (χ0n) is 27.1. The summed E-state index contributed by atoms with van der Waals surface area (Å²) in [5.41, 5.74) is 2.49. The van der Waals surface area contributed by atoms with Gasteiger partial charge in [-0.1, -0.05) is 6.07 Å². The molecule has 258 valence electrons. The molecule has 3 aromatic rings. The Kier molecular flexibility index (Phi) is 10.1. The molecule has 0 aliphatic carbocycles. The molecule has 0 atom stereocenters. The molecule has 48 heavy (non-hydrogen) atoms. The lowest BCUT2D eigenvalue weighted by Gasteiger charge is -2.48. The molecule has 16 heteroatoms. The molecular formula is C32H40FN6O7PS. The van der Waals surface area contributed by atoms with Gasteiger partial charge in [-0.2, -0.15) is 5.26 Å². The number of piperidine rings is 3. The van der Waals surface area contributed by atoms with Crippen molar-refractivity contribution in [3.8, 4) is 28.8 Å². The number of halogens is 1. The number of hydrogen-bond donors (Lipinski definition) is 1. The number of hydrogen-bond acceptors (Lipinski definition) is 12. The average Bonchev–Trinajstić information content (AvgIpc) is 3.54. The number of nitriles is 1. The van der Waals surface area contributed by atoms with Crippen molar-refractivity contribution in [2.24, 2.45) is 5.41 Å². The van der Waals surface area contributed by atoms with Crippen molar-refractivity contribution in [1.82, 2.24) is 14.7 Å². The number of aromatic nitrogens is 2. The van der Waals surface area contributed by atoms with Crippen molar-refractivity contribution in [1.29, 1.82) is 5.26 Å². The lowest BCUT2D eigenvalue weighted by molar-refractivity contribution is 0.0360. The summed E-state index contributed by atoms with van der Waals surface area (Å²) in [6.45, 7) is 4.55. The minimum atomic E-state index is -3.73. The first-order chi connectivity index (χ1) is 23.0. The number of anilines is 2. The van der Waals surface area contributed by atoms with Gasteiger partial charge in [-0.15, -0.1) is 5.10 Å². The lowest BCUT2D eigenvalue weighted by atomic mass is 9.72. The number of phosphoric ester groups is 1. The van der Waals surface area contributed by atoms with Crippen LogP contribution in [-0.4, -0.2) is 101 Å². The summed E-state index contributed by atoms with van der Waals surface area (Å²) in [6.07, 6.45) is 3.35. The molecule has 5 heterocycles. The van der Waals surface area contributed by atoms with Gasteiger partial charge in [-0.3, -0.25) is 13.6 Å². The van der Waals surface area contributed by atoms with E-state index >= 15 is 0 Å². The Morgan fingerprint density at radius 2 is 1.71 bits per heavy atom. The Morgan fingerprint density at radius 1 is 1.00 bits per heavy atom. The highest BCUT2D eigenvalue weighted by atomic mass is 32.2. The third-order valence-electron chi connectivity index (χ3n) is 9.53. The number of phosphoric acid groups is 1. The number of sulfone groups is 1. The van der Waals surface area contributed by atoms with Gasteiger partial charge in [-0.25, -0.2) is 22.1 Å². The smallest absolute Gasteiger partial charge is 0.474 e. The van der Waals surface area contributed by atoms with Crippen molar-refractivity contribution in [2.45, 2.75) is 19.3 Å². The molecule has 7 rings (SSSR count). The van der Waals surface area contributed by atoms with Gasteiger partial charge < -0.3 is 19.9 Å². The van der Waals surface area contributed by atoms with Crippen molar-refractivity contribution in [3.63, 3.8) is 0 Å². The fourth-order valence-corrected chi connectivity index (χ4v) is 8.36. The molecule has 4 aliphatic rings. The second kappa shape index (κ2) is 14.2. The maximum atomic E-state index is 14.9. The number of fused-ring (bicyclic) bond motifs is 3. The van der Waals surface area contributed by atoms with Crippen LogP contribution in [0.3, 0.4) is 0 Å². The summed E-state index contributed by atoms with van der Waals surface area (Å²) in [7, 11) is -4.38. The summed E-state index contributed by atoms with van der Waals surface area (Å²) in [5.74, 6) is 0.444. The second-order valence-electron chi connectivity index (χ2n) is 12.4. The van der Waals surface area contributed by atoms with Crippen LogP contribution < -0.4 is 15.0 Å². The van der Waals surface area contributed by atoms with Crippen LogP contribution in [0.2, 0.25) is 0 Å². The monoisotopic (exact) mass is 702 g/mol. The van der Waals surface area contributed by atoms with E-state index in [4.69, 9.17) is 23.4 Å². The van der Waals surface area contributed by atoms with Gasteiger partial charge in [0.25, 0.3) is 0 Å². The quantitative estimate of drug-likeness (QED) is 0.198. The van der Waals surface area contributed by atoms with Crippen molar-refractivity contribution in [2.75, 3.05) is 88.4 Å². The van der Waals surface area contributed by atoms with Crippen LogP contribution in [0.1, 0.15) is 24.8 Å². The maximum absolute atomic E-state index is 14.9. The van der Waals surface area contributed by atoms with Crippen LogP contribution in [0, 0.1) is 22.6 Å². The maximum Gasteiger partial charge on any atom is 0.474 e. The first kappa shape index (κ1) is 34.4. The molecule has 4 aliphatic heterocycles. The van der Waals surface area contributed by atoms with Gasteiger partial charge in [-0.05, 0) is 68.6 Å². The van der Waals surface area contributed by atoms with Crippen LogP contribution in [0.4, 0.5) is 15.9 Å². The van der Waals surface area contributed by atoms with Gasteiger partial charge in [0.05, 0.1) is 29.4 Å². The minimum Gasteiger partial charge on any atom is -0.489 e. The molecule has 0 saturated carbocycles. The molecule has 2 bridgehead atoms. The van der Waals surface area contributed by atoms with Crippen molar-refractivity contribution in [3.05, 3.63) is 53.8 Å². The predicted molar refractivity (Wildman–Crippen MR) is 179 cm³/mol. The highest BCUT2D eigenvalue weighted by Gasteiger charge is 2.39. The van der Waals surface area contributed by atoms with E-state index in [1.54, 1.807) is 16.8 Å². The van der Waals surface area contributed by atoms with E-state index < -0.39 is 23.5 Å². The third kappa shape index (κ3) is 7.54. The Balaban J connectivity index is 1.35.